The molecule has 1 aromatic carbocycles. The van der Waals surface area contributed by atoms with Gasteiger partial charge >= 0.3 is 0 Å². The van der Waals surface area contributed by atoms with Crippen molar-refractivity contribution in [2.45, 2.75) is 129 Å². The molecule has 12 heteroatoms. The Balaban J connectivity index is 0.000000654. The van der Waals surface area contributed by atoms with Gasteiger partial charge in [0.2, 0.25) is 17.7 Å². The van der Waals surface area contributed by atoms with E-state index in [0.29, 0.717) is 50.5 Å². The normalized spacial score (nSPS) is 20.9. The zero-order valence-corrected chi connectivity index (χ0v) is 35.0. The largest absolute Gasteiger partial charge is 0.401 e. The highest BCUT2D eigenvalue weighted by Gasteiger charge is 2.43. The number of carbonyl (C=O) groups excluding carboxylic acids is 3. The maximum atomic E-state index is 14.4. The second-order valence-electron chi connectivity index (χ2n) is 16.4. The summed E-state index contributed by atoms with van der Waals surface area (Å²) in [6.45, 7) is 12.7. The molecule has 2 aromatic rings. The van der Waals surface area contributed by atoms with E-state index < -0.39 is 12.1 Å². The Hall–Kier alpha value is -3.48. The Kier molecular flexibility index (Phi) is 16.0. The van der Waals surface area contributed by atoms with Gasteiger partial charge in [-0.2, -0.15) is 0 Å². The number of nitrogens with one attached hydrogen (secondary N) is 1. The quantitative estimate of drug-likeness (QED) is 0.144. The van der Waals surface area contributed by atoms with E-state index in [1.165, 1.54) is 37.4 Å². The van der Waals surface area contributed by atoms with E-state index in [-0.39, 0.29) is 35.6 Å². The fraction of sp³-hybridized carbons (Fsp3) is 0.674. The third-order valence-electron chi connectivity index (χ3n) is 12.0. The summed E-state index contributed by atoms with van der Waals surface area (Å²) in [6, 6.07) is 6.80. The average Bonchev–Trinajstić information content (AvgIpc) is 3.77. The SMILES string of the molecule is CCCN(C)CCC.Cc1ncsc1-c1ccc(C(C)NC(=O)C2CCCN2C(=O)C(C2CCN(C(=O)C3CCCCC3)CC2)N(N)/C=C(\N)C2CC2)cc1. The molecule has 0 spiro atoms. The second-order valence-corrected chi connectivity index (χ2v) is 17.3. The molecule has 6 rings (SSSR count). The summed E-state index contributed by atoms with van der Waals surface area (Å²) in [7, 11) is 2.17. The van der Waals surface area contributed by atoms with E-state index in [0.717, 1.165) is 66.6 Å². The monoisotopic (exact) mass is 777 g/mol. The van der Waals surface area contributed by atoms with Gasteiger partial charge in [0.25, 0.3) is 0 Å². The van der Waals surface area contributed by atoms with Crippen LogP contribution in [0, 0.1) is 24.7 Å². The topological polar surface area (TPSA) is 141 Å². The summed E-state index contributed by atoms with van der Waals surface area (Å²) in [5.41, 5.74) is 12.0. The van der Waals surface area contributed by atoms with Crippen LogP contribution in [0.2, 0.25) is 0 Å². The maximum Gasteiger partial charge on any atom is 0.247 e. The van der Waals surface area contributed by atoms with Crippen LogP contribution in [0.5, 0.6) is 0 Å². The highest BCUT2D eigenvalue weighted by Crippen LogP contribution is 2.35. The Bertz CT molecular complexity index is 1560. The van der Waals surface area contributed by atoms with Crippen LogP contribution in [0.3, 0.4) is 0 Å². The number of hydrogen-bond donors (Lipinski definition) is 3. The number of benzene rings is 1. The van der Waals surface area contributed by atoms with E-state index in [2.05, 4.69) is 48.2 Å². The molecule has 1 aromatic heterocycles. The summed E-state index contributed by atoms with van der Waals surface area (Å²) in [5.74, 6) is 7.08. The number of likely N-dealkylation sites (tertiary alicyclic amines) is 2. The molecule has 4 aliphatic rings. The number of nitrogens with two attached hydrogens (primary N) is 2. The molecule has 3 heterocycles. The Morgan fingerprint density at radius 3 is 2.16 bits per heavy atom. The number of nitrogens with zero attached hydrogens (tertiary/aromatic N) is 5. The molecule has 2 aliphatic heterocycles. The molecule has 3 unspecified atom stereocenters. The minimum absolute atomic E-state index is 0.0462. The Morgan fingerprint density at radius 1 is 0.927 bits per heavy atom. The highest BCUT2D eigenvalue weighted by molar-refractivity contribution is 7.13. The van der Waals surface area contributed by atoms with Crippen LogP contribution in [0.15, 0.2) is 41.7 Å². The first kappa shape index (κ1) is 42.7. The molecular formula is C43H68N8O3S. The van der Waals surface area contributed by atoms with Gasteiger partial charge in [-0.15, -0.1) is 11.3 Å². The minimum Gasteiger partial charge on any atom is -0.401 e. The lowest BCUT2D eigenvalue weighted by molar-refractivity contribution is -0.145. The zero-order chi connectivity index (χ0) is 39.5. The smallest absolute Gasteiger partial charge is 0.247 e. The molecule has 5 N–H and O–H groups in total. The standard InChI is InChI=1S/C36H51N7O3S.C7H17N/c1-23(25-10-14-28(15-11-25)33-24(2)39-22-47-33)40-34(44)31-9-6-18-42(31)36(46)32(43(38)21-30(37)26-12-13-26)27-16-19-41(20-17-27)35(45)29-7-4-3-5-8-29;1-4-6-8(3)7-5-2/h10-11,14-15,21-23,26-27,29,31-32H,3-9,12-13,16-20,37-38H2,1-2H3,(H,40,44);4-7H2,1-3H3/b30-21-;. The molecule has 0 bridgehead atoms. The van der Waals surface area contributed by atoms with Crippen molar-refractivity contribution in [2.24, 2.45) is 29.3 Å². The molecule has 2 saturated carbocycles. The fourth-order valence-corrected chi connectivity index (χ4v) is 9.45. The van der Waals surface area contributed by atoms with Crippen molar-refractivity contribution in [3.05, 3.63) is 52.9 Å². The van der Waals surface area contributed by atoms with Crippen LogP contribution in [0.25, 0.3) is 10.4 Å². The second kappa shape index (κ2) is 20.6. The maximum absolute atomic E-state index is 14.4. The number of rotatable bonds is 14. The van der Waals surface area contributed by atoms with Crippen LogP contribution < -0.4 is 16.9 Å². The number of aryl methyl sites for hydroxylation is 1. The van der Waals surface area contributed by atoms with E-state index in [1.807, 2.05) is 36.4 Å². The molecule has 304 valence electrons. The van der Waals surface area contributed by atoms with Crippen molar-refractivity contribution in [3.63, 3.8) is 0 Å². The van der Waals surface area contributed by atoms with Crippen molar-refractivity contribution in [1.29, 1.82) is 0 Å². The van der Waals surface area contributed by atoms with Gasteiger partial charge in [0.15, 0.2) is 0 Å². The van der Waals surface area contributed by atoms with Gasteiger partial charge in [0, 0.05) is 43.4 Å². The van der Waals surface area contributed by atoms with Crippen molar-refractivity contribution in [2.75, 3.05) is 39.8 Å². The number of allylic oxidation sites excluding steroid dienone is 1. The predicted molar refractivity (Wildman–Crippen MR) is 222 cm³/mol. The Labute approximate surface area is 334 Å². The van der Waals surface area contributed by atoms with E-state index >= 15 is 0 Å². The summed E-state index contributed by atoms with van der Waals surface area (Å²) in [6.07, 6.45) is 14.6. The van der Waals surface area contributed by atoms with Gasteiger partial charge < -0.3 is 30.8 Å². The number of piperidine rings is 1. The van der Waals surface area contributed by atoms with Crippen molar-refractivity contribution in [1.82, 2.24) is 30.0 Å². The van der Waals surface area contributed by atoms with Gasteiger partial charge in [-0.3, -0.25) is 14.4 Å². The fourth-order valence-electron chi connectivity index (χ4n) is 8.63. The van der Waals surface area contributed by atoms with Crippen LogP contribution >= 0.6 is 11.3 Å². The van der Waals surface area contributed by atoms with Crippen LogP contribution in [0.4, 0.5) is 0 Å². The molecular weight excluding hydrogens is 709 g/mol. The molecule has 0 radical (unpaired) electrons. The molecule has 3 amide bonds. The number of aromatic nitrogens is 1. The first-order chi connectivity index (χ1) is 26.5. The predicted octanol–water partition coefficient (Wildman–Crippen LogP) is 6.60. The Morgan fingerprint density at radius 2 is 1.58 bits per heavy atom. The number of thiazole rings is 1. The third-order valence-corrected chi connectivity index (χ3v) is 13.0. The lowest BCUT2D eigenvalue weighted by Crippen LogP contribution is -2.58. The summed E-state index contributed by atoms with van der Waals surface area (Å²) < 4.78 is 0. The molecule has 2 aliphatic carbocycles. The molecule has 55 heavy (non-hydrogen) atoms. The number of amides is 3. The zero-order valence-electron chi connectivity index (χ0n) is 34.2. The number of carbonyl (C=O) groups is 3. The van der Waals surface area contributed by atoms with Gasteiger partial charge in [-0.1, -0.05) is 57.4 Å². The highest BCUT2D eigenvalue weighted by atomic mass is 32.1. The van der Waals surface area contributed by atoms with Gasteiger partial charge in [0.1, 0.15) is 12.1 Å². The van der Waals surface area contributed by atoms with Crippen LogP contribution in [-0.4, -0.2) is 94.3 Å². The van der Waals surface area contributed by atoms with Gasteiger partial charge in [-0.05, 0) is 115 Å². The van der Waals surface area contributed by atoms with Crippen molar-refractivity contribution in [3.8, 4) is 10.4 Å². The first-order valence-corrected chi connectivity index (χ1v) is 22.0. The number of hydrazine groups is 1. The van der Waals surface area contributed by atoms with E-state index in [1.54, 1.807) is 22.4 Å². The van der Waals surface area contributed by atoms with E-state index in [9.17, 15) is 14.4 Å². The lowest BCUT2D eigenvalue weighted by Gasteiger charge is -2.41. The molecule has 3 atom stereocenters. The molecule has 2 saturated heterocycles. The van der Waals surface area contributed by atoms with Crippen LogP contribution in [-0.2, 0) is 14.4 Å². The van der Waals surface area contributed by atoms with Crippen LogP contribution in [0.1, 0.15) is 122 Å². The van der Waals surface area contributed by atoms with Gasteiger partial charge in [0.05, 0.1) is 22.1 Å². The van der Waals surface area contributed by atoms with Gasteiger partial charge in [-0.25, -0.2) is 10.8 Å². The van der Waals surface area contributed by atoms with Crippen molar-refractivity contribution < 1.29 is 14.4 Å². The summed E-state index contributed by atoms with van der Waals surface area (Å²) >= 11 is 1.62. The first-order valence-electron chi connectivity index (χ1n) is 21.1. The molecule has 11 nitrogen and oxygen atoms in total. The minimum atomic E-state index is -0.646. The lowest BCUT2D eigenvalue weighted by atomic mass is 9.85. The number of hydrogen-bond acceptors (Lipinski definition) is 9. The third kappa shape index (κ3) is 11.5. The van der Waals surface area contributed by atoms with E-state index in [4.69, 9.17) is 11.6 Å². The summed E-state index contributed by atoms with van der Waals surface area (Å²) in [5, 5.41) is 4.69. The average molecular weight is 777 g/mol. The summed E-state index contributed by atoms with van der Waals surface area (Å²) in [4.78, 5) is 53.0. The molecule has 4 fully saturated rings. The van der Waals surface area contributed by atoms with Crippen molar-refractivity contribution >= 4 is 29.1 Å².